The summed E-state index contributed by atoms with van der Waals surface area (Å²) < 4.78 is 11.5. The number of fused-ring (bicyclic) bond motifs is 1. The van der Waals surface area contributed by atoms with Gasteiger partial charge < -0.3 is 14.6 Å². The van der Waals surface area contributed by atoms with Crippen molar-refractivity contribution in [2.24, 2.45) is 0 Å². The Balaban J connectivity index is 1.47. The van der Waals surface area contributed by atoms with Gasteiger partial charge in [-0.25, -0.2) is 0 Å². The molecule has 1 aliphatic heterocycles. The molecule has 0 radical (unpaired) electrons. The second-order valence-corrected chi connectivity index (χ2v) is 5.23. The highest BCUT2D eigenvalue weighted by Gasteiger charge is 2.44. The molecular weight excluding hydrogens is 192 g/mol. The smallest absolute Gasteiger partial charge is 0.0866 e. The molecule has 15 heavy (non-hydrogen) atoms. The molecule has 5 unspecified atom stereocenters. The summed E-state index contributed by atoms with van der Waals surface area (Å²) in [6.07, 6.45) is 9.05. The van der Waals surface area contributed by atoms with Crippen molar-refractivity contribution in [2.45, 2.75) is 75.5 Å². The van der Waals surface area contributed by atoms with Crippen LogP contribution in [0.15, 0.2) is 0 Å². The fourth-order valence-corrected chi connectivity index (χ4v) is 3.01. The maximum atomic E-state index is 9.56. The summed E-state index contributed by atoms with van der Waals surface area (Å²) >= 11 is 0. The van der Waals surface area contributed by atoms with Gasteiger partial charge in [0.1, 0.15) is 0 Å². The first kappa shape index (κ1) is 10.1. The van der Waals surface area contributed by atoms with Gasteiger partial charge in [-0.05, 0) is 38.5 Å². The van der Waals surface area contributed by atoms with Crippen LogP contribution in [-0.4, -0.2) is 35.6 Å². The summed E-state index contributed by atoms with van der Waals surface area (Å²) in [5.41, 5.74) is 0. The van der Waals surface area contributed by atoms with Crippen molar-refractivity contribution in [3.63, 3.8) is 0 Å². The lowest BCUT2D eigenvalue weighted by Crippen LogP contribution is -2.32. The highest BCUT2D eigenvalue weighted by molar-refractivity contribution is 4.93. The van der Waals surface area contributed by atoms with Crippen molar-refractivity contribution >= 4 is 0 Å². The summed E-state index contributed by atoms with van der Waals surface area (Å²) in [4.78, 5) is 0. The Bertz CT molecular complexity index is 227. The Kier molecular flexibility index (Phi) is 2.71. The standard InChI is InChI=1S/C12H20O3/c13-8-2-1-3-9(6-8)14-10-4-5-11-12(7-10)15-11/h8-13H,1-7H2. The minimum Gasteiger partial charge on any atom is -0.393 e. The normalized spacial score (nSPS) is 49.8. The number of hydrogen-bond donors (Lipinski definition) is 1. The SMILES string of the molecule is OC1CCCC(OC2CCC3OC3C2)C1. The molecule has 5 atom stereocenters. The number of rotatable bonds is 2. The number of aliphatic hydroxyl groups excluding tert-OH is 1. The zero-order valence-electron chi connectivity index (χ0n) is 9.10. The van der Waals surface area contributed by atoms with E-state index in [0.717, 1.165) is 38.5 Å². The average Bonchev–Trinajstić information content (AvgIpc) is 2.96. The van der Waals surface area contributed by atoms with Crippen molar-refractivity contribution in [3.05, 3.63) is 0 Å². The van der Waals surface area contributed by atoms with E-state index in [-0.39, 0.29) is 6.10 Å². The fourth-order valence-electron chi connectivity index (χ4n) is 3.01. The highest BCUT2D eigenvalue weighted by Crippen LogP contribution is 2.38. The van der Waals surface area contributed by atoms with Crippen LogP contribution < -0.4 is 0 Å². The fraction of sp³-hybridized carbons (Fsp3) is 1.00. The molecule has 0 aromatic heterocycles. The molecule has 3 heteroatoms. The topological polar surface area (TPSA) is 42.0 Å². The minimum absolute atomic E-state index is 0.128. The molecular formula is C12H20O3. The van der Waals surface area contributed by atoms with Gasteiger partial charge >= 0.3 is 0 Å². The van der Waals surface area contributed by atoms with Crippen LogP contribution in [0.3, 0.4) is 0 Å². The van der Waals surface area contributed by atoms with Crippen molar-refractivity contribution < 1.29 is 14.6 Å². The lowest BCUT2D eigenvalue weighted by molar-refractivity contribution is -0.0655. The van der Waals surface area contributed by atoms with Crippen LogP contribution in [0.1, 0.15) is 44.9 Å². The molecule has 1 heterocycles. The molecule has 2 saturated carbocycles. The zero-order chi connectivity index (χ0) is 10.3. The van der Waals surface area contributed by atoms with E-state index >= 15 is 0 Å². The molecule has 3 rings (SSSR count). The van der Waals surface area contributed by atoms with Crippen LogP contribution in [0.5, 0.6) is 0 Å². The van der Waals surface area contributed by atoms with E-state index in [1.165, 1.54) is 6.42 Å². The van der Waals surface area contributed by atoms with E-state index < -0.39 is 0 Å². The Labute approximate surface area is 90.8 Å². The van der Waals surface area contributed by atoms with E-state index in [4.69, 9.17) is 9.47 Å². The molecule has 86 valence electrons. The second kappa shape index (κ2) is 4.04. The lowest BCUT2D eigenvalue weighted by atomic mass is 9.93. The molecule has 0 aromatic rings. The third-order valence-corrected chi connectivity index (χ3v) is 3.94. The van der Waals surface area contributed by atoms with Gasteiger partial charge in [-0.15, -0.1) is 0 Å². The molecule has 2 aliphatic carbocycles. The van der Waals surface area contributed by atoms with Crippen LogP contribution in [-0.2, 0) is 9.47 Å². The molecule has 1 N–H and O–H groups in total. The largest absolute Gasteiger partial charge is 0.393 e. The van der Waals surface area contributed by atoms with Crippen LogP contribution in [0.4, 0.5) is 0 Å². The minimum atomic E-state index is -0.128. The first-order valence-corrected chi connectivity index (χ1v) is 6.30. The second-order valence-electron chi connectivity index (χ2n) is 5.23. The summed E-state index contributed by atoms with van der Waals surface area (Å²) in [6, 6.07) is 0. The van der Waals surface area contributed by atoms with Crippen molar-refractivity contribution in [3.8, 4) is 0 Å². The van der Waals surface area contributed by atoms with E-state index in [1.54, 1.807) is 0 Å². The van der Waals surface area contributed by atoms with Gasteiger partial charge in [-0.3, -0.25) is 0 Å². The van der Waals surface area contributed by atoms with Gasteiger partial charge in [-0.2, -0.15) is 0 Å². The van der Waals surface area contributed by atoms with Crippen LogP contribution in [0, 0.1) is 0 Å². The third kappa shape index (κ3) is 2.35. The Morgan fingerprint density at radius 3 is 2.60 bits per heavy atom. The van der Waals surface area contributed by atoms with E-state index in [1.807, 2.05) is 0 Å². The third-order valence-electron chi connectivity index (χ3n) is 3.94. The lowest BCUT2D eigenvalue weighted by Gasteiger charge is -2.30. The maximum Gasteiger partial charge on any atom is 0.0866 e. The van der Waals surface area contributed by atoms with Gasteiger partial charge in [0, 0.05) is 6.42 Å². The molecule has 0 amide bonds. The van der Waals surface area contributed by atoms with Crippen molar-refractivity contribution in [2.75, 3.05) is 0 Å². The van der Waals surface area contributed by atoms with E-state index in [9.17, 15) is 5.11 Å². The Morgan fingerprint density at radius 2 is 1.80 bits per heavy atom. The quantitative estimate of drug-likeness (QED) is 0.707. The first-order chi connectivity index (χ1) is 7.31. The van der Waals surface area contributed by atoms with Gasteiger partial charge in [0.25, 0.3) is 0 Å². The van der Waals surface area contributed by atoms with Gasteiger partial charge in [0.05, 0.1) is 30.5 Å². The summed E-state index contributed by atoms with van der Waals surface area (Å²) in [6.45, 7) is 0. The molecule has 0 bridgehead atoms. The monoisotopic (exact) mass is 212 g/mol. The highest BCUT2D eigenvalue weighted by atomic mass is 16.6. The molecule has 3 aliphatic rings. The summed E-state index contributed by atoms with van der Waals surface area (Å²) in [7, 11) is 0. The maximum absolute atomic E-state index is 9.56. The van der Waals surface area contributed by atoms with Gasteiger partial charge in [0.2, 0.25) is 0 Å². The molecule has 0 aromatic carbocycles. The Morgan fingerprint density at radius 1 is 0.933 bits per heavy atom. The number of epoxide rings is 1. The molecule has 0 spiro atoms. The predicted molar refractivity (Wildman–Crippen MR) is 55.6 cm³/mol. The average molecular weight is 212 g/mol. The molecule has 1 saturated heterocycles. The van der Waals surface area contributed by atoms with Crippen LogP contribution >= 0.6 is 0 Å². The summed E-state index contributed by atoms with van der Waals surface area (Å²) in [5, 5.41) is 9.56. The van der Waals surface area contributed by atoms with E-state index in [0.29, 0.717) is 24.4 Å². The zero-order valence-corrected chi connectivity index (χ0v) is 9.10. The van der Waals surface area contributed by atoms with Gasteiger partial charge in [-0.1, -0.05) is 0 Å². The molecule has 3 fully saturated rings. The van der Waals surface area contributed by atoms with Gasteiger partial charge in [0.15, 0.2) is 0 Å². The number of ether oxygens (including phenoxy) is 2. The molecule has 3 nitrogen and oxygen atoms in total. The summed E-state index contributed by atoms with van der Waals surface area (Å²) in [5.74, 6) is 0. The first-order valence-electron chi connectivity index (χ1n) is 6.30. The van der Waals surface area contributed by atoms with Crippen molar-refractivity contribution in [1.82, 2.24) is 0 Å². The predicted octanol–water partition coefficient (Wildman–Crippen LogP) is 1.63. The Hall–Kier alpha value is -0.120. The van der Waals surface area contributed by atoms with Crippen molar-refractivity contribution in [1.29, 1.82) is 0 Å². The van der Waals surface area contributed by atoms with E-state index in [2.05, 4.69) is 0 Å². The number of aliphatic hydroxyl groups is 1. The number of hydrogen-bond acceptors (Lipinski definition) is 3. The van der Waals surface area contributed by atoms with Crippen LogP contribution in [0.25, 0.3) is 0 Å². The van der Waals surface area contributed by atoms with Crippen LogP contribution in [0.2, 0.25) is 0 Å².